The molecule has 0 aliphatic heterocycles. The Hall–Kier alpha value is -4.76. The number of anilines is 1. The van der Waals surface area contributed by atoms with Crippen LogP contribution < -0.4 is 21.9 Å². The highest BCUT2D eigenvalue weighted by atomic mass is 19.1. The van der Waals surface area contributed by atoms with E-state index in [0.29, 0.717) is 11.8 Å². The summed E-state index contributed by atoms with van der Waals surface area (Å²) in [6.45, 7) is 0. The fourth-order valence-electron chi connectivity index (χ4n) is 6.05. The Kier molecular flexibility index (Phi) is 7.60. The number of phenolic OH excluding ortho intramolecular Hbond substituents is 1. The van der Waals surface area contributed by atoms with Crippen LogP contribution in [0, 0.1) is 17.7 Å². The number of primary amides is 1. The highest BCUT2D eigenvalue weighted by Crippen LogP contribution is 2.53. The van der Waals surface area contributed by atoms with Crippen molar-refractivity contribution >= 4 is 23.2 Å². The first-order valence-electron chi connectivity index (χ1n) is 12.7. The number of aromatic amines is 2. The van der Waals surface area contributed by atoms with Gasteiger partial charge < -0.3 is 36.0 Å². The topological polar surface area (TPSA) is 230 Å². The maximum Gasteiger partial charge on any atom is 0.325 e. The van der Waals surface area contributed by atoms with Crippen molar-refractivity contribution in [1.82, 2.24) is 14.9 Å². The van der Waals surface area contributed by atoms with Crippen LogP contribution in [0.2, 0.25) is 0 Å². The van der Waals surface area contributed by atoms with Gasteiger partial charge in [0.15, 0.2) is 11.4 Å². The van der Waals surface area contributed by atoms with E-state index in [0.717, 1.165) is 5.69 Å². The lowest BCUT2D eigenvalue weighted by Crippen LogP contribution is -2.63. The lowest BCUT2D eigenvalue weighted by Gasteiger charge is -2.50. The highest BCUT2D eigenvalue weighted by molar-refractivity contribution is 6.24. The molecule has 0 spiro atoms. The summed E-state index contributed by atoms with van der Waals surface area (Å²) in [6, 6.07) is 2.06. The van der Waals surface area contributed by atoms with Crippen LogP contribution in [0.3, 0.4) is 0 Å². The van der Waals surface area contributed by atoms with Crippen molar-refractivity contribution in [1.29, 1.82) is 0 Å². The predicted molar refractivity (Wildman–Crippen MR) is 146 cm³/mol. The Labute approximate surface area is 237 Å². The van der Waals surface area contributed by atoms with E-state index in [1.54, 1.807) is 44.1 Å². The largest absolute Gasteiger partial charge is 0.510 e. The van der Waals surface area contributed by atoms with Gasteiger partial charge >= 0.3 is 5.69 Å². The summed E-state index contributed by atoms with van der Waals surface area (Å²) in [7, 11) is 6.79. The number of phenols is 1. The number of amides is 1. The Morgan fingerprint density at radius 1 is 1.10 bits per heavy atom. The van der Waals surface area contributed by atoms with Crippen LogP contribution in [-0.4, -0.2) is 92.6 Å². The molecule has 0 bridgehead atoms. The number of benzene rings is 1. The van der Waals surface area contributed by atoms with Gasteiger partial charge in [0, 0.05) is 37.5 Å². The number of carbonyl (C=O) groups excluding carboxylic acids is 3. The lowest BCUT2D eigenvalue weighted by molar-refractivity contribution is -0.148. The van der Waals surface area contributed by atoms with Crippen LogP contribution in [0.25, 0.3) is 0 Å². The number of H-pyrrole nitrogens is 2. The smallest absolute Gasteiger partial charge is 0.325 e. The molecule has 224 valence electrons. The normalized spacial score (nSPS) is 24.9. The van der Waals surface area contributed by atoms with E-state index in [4.69, 9.17) is 5.73 Å². The quantitative estimate of drug-likeness (QED) is 0.224. The van der Waals surface area contributed by atoms with Crippen molar-refractivity contribution in [2.75, 3.05) is 33.1 Å². The van der Waals surface area contributed by atoms with E-state index in [2.05, 4.69) is 0 Å². The number of aliphatic hydroxyl groups is 3. The SMILES string of the molecule is CN(C)c1ccc(O)c2c1C[C@H]1C[C@@H]3[C@H](N(C)C)C(O)=C(C(N)=O)C(=O)[C@@]3(O)C(O)=C1C2=O.O=c1[nH]cc(F)c(=O)[nH]1. The standard InChI is InChI=1S/C23H27N3O7.C4H3FN2O2/c1-25(2)12-5-6-13(27)15-10(12)7-9-8-11-17(26(3)4)19(29)16(22(24)32)21(31)23(11,33)20(30)14(9)18(15)28;5-2-1-6-4(9)7-3(2)8/h5-6,9,11,17,27,29-30,33H,7-8H2,1-4H3,(H2,24,32);1H,(H2,6,7,8,9)/t9-,11+,17-,23-;/m0./s1. The van der Waals surface area contributed by atoms with Gasteiger partial charge in [-0.25, -0.2) is 4.79 Å². The Bertz CT molecular complexity index is 1690. The monoisotopic (exact) mass is 587 g/mol. The number of likely N-dealkylation sites (N-methyl/N-ethyl adjacent to an activating group) is 1. The van der Waals surface area contributed by atoms with Gasteiger partial charge in [-0.1, -0.05) is 0 Å². The minimum atomic E-state index is -2.63. The van der Waals surface area contributed by atoms with E-state index in [1.807, 2.05) is 4.98 Å². The summed E-state index contributed by atoms with van der Waals surface area (Å²) in [5.74, 6) is -7.52. The van der Waals surface area contributed by atoms with Gasteiger partial charge in [0.1, 0.15) is 22.8 Å². The zero-order valence-electron chi connectivity index (χ0n) is 23.1. The number of aliphatic hydroxyl groups excluding tert-OH is 2. The Morgan fingerprint density at radius 3 is 2.26 bits per heavy atom. The third kappa shape index (κ3) is 4.55. The first kappa shape index (κ1) is 30.2. The number of carbonyl (C=O) groups is 3. The molecule has 4 atom stereocenters. The summed E-state index contributed by atoms with van der Waals surface area (Å²) in [5.41, 5.74) is 1.31. The van der Waals surface area contributed by atoms with Gasteiger partial charge in [0.25, 0.3) is 11.5 Å². The number of aromatic nitrogens is 2. The number of hydrogen-bond acceptors (Lipinski definition) is 11. The molecule has 1 heterocycles. The van der Waals surface area contributed by atoms with Crippen molar-refractivity contribution in [3.8, 4) is 5.75 Å². The maximum atomic E-state index is 13.5. The third-order valence-corrected chi connectivity index (χ3v) is 7.84. The van der Waals surface area contributed by atoms with Gasteiger partial charge in [0.05, 0.1) is 11.6 Å². The summed E-state index contributed by atoms with van der Waals surface area (Å²) < 4.78 is 12.0. The molecule has 15 heteroatoms. The van der Waals surface area contributed by atoms with E-state index in [9.17, 15) is 48.8 Å². The number of allylic oxidation sites excluding steroid dienone is 1. The maximum absolute atomic E-state index is 13.5. The van der Waals surface area contributed by atoms with Crippen LogP contribution >= 0.6 is 0 Å². The Balaban J connectivity index is 0.000000385. The fraction of sp³-hybridized carbons (Fsp3) is 0.370. The van der Waals surface area contributed by atoms with Crippen LogP contribution in [0.4, 0.5) is 10.1 Å². The average Bonchev–Trinajstić information content (AvgIpc) is 2.88. The minimum Gasteiger partial charge on any atom is -0.510 e. The molecule has 1 amide bonds. The van der Waals surface area contributed by atoms with Crippen molar-refractivity contribution in [2.24, 2.45) is 17.6 Å². The number of hydrogen-bond donors (Lipinski definition) is 7. The van der Waals surface area contributed by atoms with Crippen LogP contribution in [0.1, 0.15) is 22.3 Å². The second-order valence-electron chi connectivity index (χ2n) is 10.7. The van der Waals surface area contributed by atoms with Crippen LogP contribution in [-0.2, 0) is 16.0 Å². The van der Waals surface area contributed by atoms with Crippen LogP contribution in [0.5, 0.6) is 5.75 Å². The first-order valence-corrected chi connectivity index (χ1v) is 12.7. The zero-order valence-corrected chi connectivity index (χ0v) is 23.1. The summed E-state index contributed by atoms with van der Waals surface area (Å²) >= 11 is 0. The summed E-state index contributed by atoms with van der Waals surface area (Å²) in [6.07, 6.45) is 1.03. The molecule has 3 aliphatic rings. The zero-order chi connectivity index (χ0) is 31.4. The molecule has 14 nitrogen and oxygen atoms in total. The summed E-state index contributed by atoms with van der Waals surface area (Å²) in [4.78, 5) is 66.0. The molecular formula is C27H30FN5O9. The molecule has 0 saturated carbocycles. The molecule has 1 aromatic heterocycles. The number of nitrogens with two attached hydrogens (primary N) is 1. The van der Waals surface area contributed by atoms with E-state index < -0.39 is 75.1 Å². The molecule has 1 aromatic carbocycles. The molecule has 0 radical (unpaired) electrons. The average molecular weight is 588 g/mol. The molecule has 42 heavy (non-hydrogen) atoms. The number of fused-ring (bicyclic) bond motifs is 3. The molecule has 3 aliphatic carbocycles. The van der Waals surface area contributed by atoms with E-state index in [1.165, 1.54) is 11.0 Å². The molecule has 5 rings (SSSR count). The number of ketones is 2. The third-order valence-electron chi connectivity index (χ3n) is 7.84. The number of halogens is 1. The summed E-state index contributed by atoms with van der Waals surface area (Å²) in [5, 5.41) is 43.9. The second kappa shape index (κ2) is 10.6. The molecule has 2 aromatic rings. The lowest BCUT2D eigenvalue weighted by atomic mass is 9.58. The van der Waals surface area contributed by atoms with Crippen molar-refractivity contribution in [2.45, 2.75) is 24.5 Å². The van der Waals surface area contributed by atoms with Crippen molar-refractivity contribution in [3.05, 3.63) is 78.8 Å². The number of nitrogens with zero attached hydrogens (tertiary/aromatic N) is 2. The van der Waals surface area contributed by atoms with Crippen LogP contribution in [0.15, 0.2) is 50.6 Å². The van der Waals surface area contributed by atoms with Gasteiger partial charge in [0.2, 0.25) is 11.6 Å². The first-order chi connectivity index (χ1) is 19.5. The van der Waals surface area contributed by atoms with Gasteiger partial charge in [-0.2, -0.15) is 4.39 Å². The molecule has 8 N–H and O–H groups in total. The molecule has 0 saturated heterocycles. The predicted octanol–water partition coefficient (Wildman–Crippen LogP) is -0.611. The van der Waals surface area contributed by atoms with Crippen molar-refractivity contribution < 1.29 is 39.2 Å². The number of aromatic hydroxyl groups is 1. The molecular weight excluding hydrogens is 557 g/mol. The molecule has 0 fully saturated rings. The molecule has 0 unspecified atom stereocenters. The van der Waals surface area contributed by atoms with Crippen molar-refractivity contribution in [3.63, 3.8) is 0 Å². The fourth-order valence-corrected chi connectivity index (χ4v) is 6.05. The van der Waals surface area contributed by atoms with Gasteiger partial charge in [-0.15, -0.1) is 0 Å². The minimum absolute atomic E-state index is 0.00184. The highest BCUT2D eigenvalue weighted by Gasteiger charge is 2.63. The van der Waals surface area contributed by atoms with E-state index >= 15 is 0 Å². The van der Waals surface area contributed by atoms with Gasteiger partial charge in [-0.3, -0.25) is 29.1 Å². The van der Waals surface area contributed by atoms with E-state index in [-0.39, 0.29) is 29.7 Å². The number of Topliss-reactive ketones (excluding diaryl/α,β-unsaturated/α-hetero) is 2. The van der Waals surface area contributed by atoms with Gasteiger partial charge in [-0.05, 0) is 50.6 Å². The number of nitrogens with one attached hydrogen (secondary N) is 2. The second-order valence-corrected chi connectivity index (χ2v) is 10.7. The Morgan fingerprint density at radius 2 is 1.74 bits per heavy atom. The number of rotatable bonds is 3.